The van der Waals surface area contributed by atoms with E-state index in [1.165, 1.54) is 6.07 Å². The first kappa shape index (κ1) is 24.0. The van der Waals surface area contributed by atoms with E-state index < -0.39 is 0 Å². The Morgan fingerprint density at radius 2 is 1.85 bits per heavy atom. The third kappa shape index (κ3) is 5.32. The number of hydrogen-bond donors (Lipinski definition) is 1. The van der Waals surface area contributed by atoms with Crippen LogP contribution < -0.4 is 10.1 Å². The Balaban J connectivity index is 1.56. The number of Topliss-reactive ketones (excluding diaryl/α,β-unsaturated/α-hetero) is 1. The van der Waals surface area contributed by atoms with E-state index in [1.807, 2.05) is 18.2 Å². The predicted molar refractivity (Wildman–Crippen MR) is 137 cm³/mol. The third-order valence-electron chi connectivity index (χ3n) is 5.63. The van der Waals surface area contributed by atoms with Crippen LogP contribution in [0.15, 0.2) is 65.7 Å². The first-order chi connectivity index (χ1) is 16.1. The van der Waals surface area contributed by atoms with Gasteiger partial charge in [-0.1, -0.05) is 41.4 Å². The minimum absolute atomic E-state index is 0.0918. The Morgan fingerprint density at radius 1 is 1.06 bits per heavy atom. The van der Waals surface area contributed by atoms with Crippen molar-refractivity contribution in [2.75, 3.05) is 12.4 Å². The number of fused-ring (bicyclic) bond motifs is 1. The van der Waals surface area contributed by atoms with Crippen LogP contribution in [0, 0.1) is 0 Å². The van der Waals surface area contributed by atoms with Gasteiger partial charge in [0.2, 0.25) is 0 Å². The zero-order valence-corrected chi connectivity index (χ0v) is 20.6. The van der Waals surface area contributed by atoms with E-state index in [0.717, 1.165) is 29.0 Å². The van der Waals surface area contributed by atoms with Crippen LogP contribution in [0.25, 0.3) is 0 Å². The molecule has 3 aromatic carbocycles. The summed E-state index contributed by atoms with van der Waals surface area (Å²) in [6, 6.07) is 17.4. The maximum atomic E-state index is 13.2. The highest BCUT2D eigenvalue weighted by molar-refractivity contribution is 6.37. The molecule has 0 atom stereocenters. The molecule has 0 saturated heterocycles. The number of hydrogen-bond acceptors (Lipinski definition) is 4. The molecule has 0 fully saturated rings. The van der Waals surface area contributed by atoms with Gasteiger partial charge in [0.1, 0.15) is 5.75 Å². The number of ketones is 1. The van der Waals surface area contributed by atoms with Crippen LogP contribution in [0.1, 0.15) is 52.1 Å². The maximum Gasteiger partial charge on any atom is 0.257 e. The number of halogens is 2. The Morgan fingerprint density at radius 3 is 2.59 bits per heavy atom. The molecule has 0 bridgehead atoms. The van der Waals surface area contributed by atoms with Crippen molar-refractivity contribution in [3.05, 3.63) is 93.0 Å². The fraction of sp³-hybridized carbons (Fsp3) is 0.222. The number of nitrogens with zero attached hydrogens (tertiary/aromatic N) is 1. The summed E-state index contributed by atoms with van der Waals surface area (Å²) in [4.78, 5) is 30.8. The van der Waals surface area contributed by atoms with Gasteiger partial charge in [-0.3, -0.25) is 14.6 Å². The van der Waals surface area contributed by atoms with Gasteiger partial charge in [0, 0.05) is 21.8 Å². The topological polar surface area (TPSA) is 67.8 Å². The van der Waals surface area contributed by atoms with Crippen molar-refractivity contribution in [3.8, 4) is 5.75 Å². The molecule has 0 saturated carbocycles. The van der Waals surface area contributed by atoms with Crippen molar-refractivity contribution < 1.29 is 14.3 Å². The van der Waals surface area contributed by atoms with Crippen molar-refractivity contribution in [3.63, 3.8) is 0 Å². The number of ether oxygens (including phenoxy) is 1. The second-order valence-corrected chi connectivity index (χ2v) is 9.67. The van der Waals surface area contributed by atoms with Crippen molar-refractivity contribution in [1.82, 2.24) is 0 Å². The number of carbonyl (C=O) groups excluding carboxylic acids is 2. The molecule has 1 aliphatic heterocycles. The Kier molecular flexibility index (Phi) is 6.78. The fourth-order valence-electron chi connectivity index (χ4n) is 4.07. The maximum absolute atomic E-state index is 13.2. The molecule has 4 rings (SSSR count). The molecule has 1 aliphatic rings. The van der Waals surface area contributed by atoms with Crippen molar-refractivity contribution in [1.29, 1.82) is 0 Å². The smallest absolute Gasteiger partial charge is 0.257 e. The number of methoxy groups -OCH3 is 1. The molecule has 174 valence electrons. The highest BCUT2D eigenvalue weighted by Gasteiger charge is 2.28. The standard InChI is InChI=1S/C27H24Cl2N2O3/c1-27(2)15-17-7-9-20(34-3)13-22(17)24(31-27)14-25(32)16-5-4-6-19(11-16)30-26(33)21-10-8-18(28)12-23(21)29/h4-13H,14-15H2,1-3H3,(H,30,33). The number of benzene rings is 3. The summed E-state index contributed by atoms with van der Waals surface area (Å²) in [6.07, 6.45) is 0.933. The molecule has 5 nitrogen and oxygen atoms in total. The van der Waals surface area contributed by atoms with E-state index in [9.17, 15) is 9.59 Å². The fourth-order valence-corrected chi connectivity index (χ4v) is 4.56. The summed E-state index contributed by atoms with van der Waals surface area (Å²) in [5, 5.41) is 3.50. The van der Waals surface area contributed by atoms with Gasteiger partial charge in [-0.2, -0.15) is 0 Å². The average Bonchev–Trinajstić information content (AvgIpc) is 2.78. The number of carbonyl (C=O) groups is 2. The number of amides is 1. The van der Waals surface area contributed by atoms with Crippen LogP contribution in [0.5, 0.6) is 5.75 Å². The van der Waals surface area contributed by atoms with Gasteiger partial charge in [-0.25, -0.2) is 0 Å². The molecular formula is C27H24Cl2N2O3. The Bertz CT molecular complexity index is 1310. The summed E-state index contributed by atoms with van der Waals surface area (Å²) < 4.78 is 5.38. The summed E-state index contributed by atoms with van der Waals surface area (Å²) in [6.45, 7) is 4.12. The average molecular weight is 495 g/mol. The van der Waals surface area contributed by atoms with Crippen LogP contribution in [-0.4, -0.2) is 30.1 Å². The van der Waals surface area contributed by atoms with Crippen molar-refractivity contribution in [2.45, 2.75) is 32.2 Å². The number of anilines is 1. The van der Waals surface area contributed by atoms with Gasteiger partial charge in [0.15, 0.2) is 5.78 Å². The first-order valence-electron chi connectivity index (χ1n) is 10.8. The van der Waals surface area contributed by atoms with Gasteiger partial charge < -0.3 is 10.1 Å². The molecule has 1 heterocycles. The van der Waals surface area contributed by atoms with Gasteiger partial charge >= 0.3 is 0 Å². The molecule has 34 heavy (non-hydrogen) atoms. The zero-order chi connectivity index (χ0) is 24.5. The lowest BCUT2D eigenvalue weighted by Gasteiger charge is -2.29. The molecule has 7 heteroatoms. The van der Waals surface area contributed by atoms with E-state index >= 15 is 0 Å². The molecule has 0 radical (unpaired) electrons. The monoisotopic (exact) mass is 494 g/mol. The van der Waals surface area contributed by atoms with Crippen LogP contribution in [0.4, 0.5) is 5.69 Å². The number of rotatable bonds is 6. The SMILES string of the molecule is COc1ccc2c(c1)C(CC(=O)c1cccc(NC(=O)c3ccc(Cl)cc3Cl)c1)=NC(C)(C)C2. The Labute approximate surface area is 208 Å². The van der Waals surface area contributed by atoms with E-state index in [4.69, 9.17) is 32.9 Å². The van der Waals surface area contributed by atoms with E-state index in [-0.39, 0.29) is 28.7 Å². The van der Waals surface area contributed by atoms with Gasteiger partial charge in [0.05, 0.1) is 35.4 Å². The molecular weight excluding hydrogens is 471 g/mol. The number of aliphatic imine (C=N–C) groups is 1. The predicted octanol–water partition coefficient (Wildman–Crippen LogP) is 6.65. The molecule has 0 aliphatic carbocycles. The minimum atomic E-state index is -0.384. The lowest BCUT2D eigenvalue weighted by Crippen LogP contribution is -2.30. The van der Waals surface area contributed by atoms with Crippen molar-refractivity contribution >= 4 is 46.3 Å². The van der Waals surface area contributed by atoms with Crippen LogP contribution in [-0.2, 0) is 6.42 Å². The summed E-state index contributed by atoms with van der Waals surface area (Å²) in [5.74, 6) is 0.251. The molecule has 0 spiro atoms. The van der Waals surface area contributed by atoms with E-state index in [2.05, 4.69) is 19.2 Å². The summed E-state index contributed by atoms with van der Waals surface area (Å²) in [7, 11) is 1.62. The lowest BCUT2D eigenvalue weighted by molar-refractivity contribution is 0.0996. The highest BCUT2D eigenvalue weighted by Crippen LogP contribution is 2.31. The second-order valence-electron chi connectivity index (χ2n) is 8.83. The van der Waals surface area contributed by atoms with Crippen LogP contribution in [0.2, 0.25) is 10.0 Å². The Hall–Kier alpha value is -3.15. The molecule has 1 N–H and O–H groups in total. The van der Waals surface area contributed by atoms with E-state index in [0.29, 0.717) is 21.8 Å². The molecule has 0 unspecified atom stereocenters. The minimum Gasteiger partial charge on any atom is -0.497 e. The number of nitrogens with one attached hydrogen (secondary N) is 1. The third-order valence-corrected chi connectivity index (χ3v) is 6.18. The zero-order valence-electron chi connectivity index (χ0n) is 19.1. The van der Waals surface area contributed by atoms with Gasteiger partial charge in [0.25, 0.3) is 5.91 Å². The summed E-state index contributed by atoms with van der Waals surface area (Å²) >= 11 is 12.1. The largest absolute Gasteiger partial charge is 0.497 e. The van der Waals surface area contributed by atoms with Crippen LogP contribution in [0.3, 0.4) is 0 Å². The second kappa shape index (κ2) is 9.61. The van der Waals surface area contributed by atoms with Gasteiger partial charge in [-0.05, 0) is 68.3 Å². The van der Waals surface area contributed by atoms with Gasteiger partial charge in [-0.15, -0.1) is 0 Å². The van der Waals surface area contributed by atoms with Crippen molar-refractivity contribution in [2.24, 2.45) is 4.99 Å². The quantitative estimate of drug-likeness (QED) is 0.390. The first-order valence-corrected chi connectivity index (χ1v) is 11.6. The molecule has 1 amide bonds. The summed E-state index contributed by atoms with van der Waals surface area (Å²) in [5.41, 5.74) is 3.79. The van der Waals surface area contributed by atoms with Crippen LogP contribution >= 0.6 is 23.2 Å². The molecule has 3 aromatic rings. The lowest BCUT2D eigenvalue weighted by atomic mass is 9.85. The highest BCUT2D eigenvalue weighted by atomic mass is 35.5. The van der Waals surface area contributed by atoms with E-state index in [1.54, 1.807) is 43.5 Å². The molecule has 0 aromatic heterocycles. The normalized spacial score (nSPS) is 14.1.